The Morgan fingerprint density at radius 2 is 1.79 bits per heavy atom. The number of rotatable bonds is 6. The third-order valence-corrected chi connectivity index (χ3v) is 5.88. The number of hydrogen-bond acceptors (Lipinski definition) is 6. The number of nitrogens with one attached hydrogen (secondary N) is 1. The number of benzene rings is 2. The molecule has 3 rings (SSSR count). The van der Waals surface area contributed by atoms with Crippen molar-refractivity contribution in [1.29, 1.82) is 0 Å². The summed E-state index contributed by atoms with van der Waals surface area (Å²) in [6, 6.07) is 12.1. The van der Waals surface area contributed by atoms with Crippen LogP contribution < -0.4 is 14.8 Å². The van der Waals surface area contributed by atoms with Gasteiger partial charge in [0.05, 0.1) is 16.9 Å². The predicted octanol–water partition coefficient (Wildman–Crippen LogP) is 4.34. The van der Waals surface area contributed by atoms with E-state index in [-0.39, 0.29) is 21.2 Å². The summed E-state index contributed by atoms with van der Waals surface area (Å²) in [5.41, 5.74) is 0.212. The highest BCUT2D eigenvalue weighted by molar-refractivity contribution is 7.90. The molecule has 0 aliphatic heterocycles. The Labute approximate surface area is 165 Å². The van der Waals surface area contributed by atoms with Crippen molar-refractivity contribution < 1.29 is 27.1 Å². The minimum Gasteiger partial charge on any atom is -0.493 e. The SMILES string of the molecule is COc1ccccc1Oc1ccc(NC(=O)c2cc(S(C)(=O)=O)cs2)cc1F. The molecule has 0 fully saturated rings. The molecular formula is C19H16FNO5S2. The average Bonchev–Trinajstić information content (AvgIpc) is 3.15. The zero-order valence-electron chi connectivity index (χ0n) is 14.9. The molecule has 0 aliphatic rings. The standard InChI is InChI=1S/C19H16FNO5S2/c1-25-16-5-3-4-6-17(16)26-15-8-7-12(9-14(15)20)21-19(22)18-10-13(11-27-18)28(2,23)24/h3-11H,1-2H3,(H,21,22). The van der Waals surface area contributed by atoms with E-state index in [0.717, 1.165) is 23.7 Å². The van der Waals surface area contributed by atoms with E-state index < -0.39 is 21.6 Å². The lowest BCUT2D eigenvalue weighted by molar-refractivity contribution is 0.103. The number of ether oxygens (including phenoxy) is 2. The molecule has 1 amide bonds. The second-order valence-electron chi connectivity index (χ2n) is 5.77. The van der Waals surface area contributed by atoms with Gasteiger partial charge in [-0.05, 0) is 30.3 Å². The van der Waals surface area contributed by atoms with Crippen molar-refractivity contribution in [3.05, 3.63) is 64.6 Å². The Kier molecular flexibility index (Phi) is 5.66. The van der Waals surface area contributed by atoms with Crippen LogP contribution >= 0.6 is 11.3 Å². The van der Waals surface area contributed by atoms with Gasteiger partial charge in [-0.15, -0.1) is 11.3 Å². The number of hydrogen-bond donors (Lipinski definition) is 1. The number of carbonyl (C=O) groups is 1. The second kappa shape index (κ2) is 7.99. The van der Waals surface area contributed by atoms with E-state index >= 15 is 0 Å². The van der Waals surface area contributed by atoms with Crippen LogP contribution in [0.25, 0.3) is 0 Å². The van der Waals surface area contributed by atoms with E-state index in [2.05, 4.69) is 5.32 Å². The first-order chi connectivity index (χ1) is 13.3. The Bertz CT molecular complexity index is 1120. The summed E-state index contributed by atoms with van der Waals surface area (Å²) < 4.78 is 48.1. The van der Waals surface area contributed by atoms with Gasteiger partial charge in [0.25, 0.3) is 5.91 Å². The summed E-state index contributed by atoms with van der Waals surface area (Å²) in [7, 11) is -1.91. The van der Waals surface area contributed by atoms with Crippen molar-refractivity contribution in [2.24, 2.45) is 0 Å². The van der Waals surface area contributed by atoms with Crippen molar-refractivity contribution >= 4 is 32.8 Å². The van der Waals surface area contributed by atoms with Crippen LogP contribution in [-0.2, 0) is 9.84 Å². The average molecular weight is 421 g/mol. The molecule has 1 heterocycles. The molecule has 3 aromatic rings. The highest BCUT2D eigenvalue weighted by Gasteiger charge is 2.16. The van der Waals surface area contributed by atoms with Gasteiger partial charge in [0.1, 0.15) is 0 Å². The fourth-order valence-electron chi connectivity index (χ4n) is 2.31. The maximum absolute atomic E-state index is 14.4. The molecule has 0 unspecified atom stereocenters. The van der Waals surface area contributed by atoms with Gasteiger partial charge in [-0.3, -0.25) is 4.79 Å². The van der Waals surface area contributed by atoms with E-state index in [4.69, 9.17) is 9.47 Å². The van der Waals surface area contributed by atoms with Gasteiger partial charge in [-0.25, -0.2) is 12.8 Å². The van der Waals surface area contributed by atoms with E-state index in [0.29, 0.717) is 11.5 Å². The van der Waals surface area contributed by atoms with E-state index in [1.807, 2.05) is 0 Å². The Hall–Kier alpha value is -2.91. The summed E-state index contributed by atoms with van der Waals surface area (Å²) in [6.45, 7) is 0. The highest BCUT2D eigenvalue weighted by atomic mass is 32.2. The number of sulfone groups is 1. The first-order valence-electron chi connectivity index (χ1n) is 7.98. The summed E-state index contributed by atoms with van der Waals surface area (Å²) in [4.78, 5) is 12.5. The molecule has 0 saturated carbocycles. The maximum Gasteiger partial charge on any atom is 0.265 e. The van der Waals surface area contributed by atoms with Crippen molar-refractivity contribution in [1.82, 2.24) is 0 Å². The van der Waals surface area contributed by atoms with Crippen LogP contribution in [0.2, 0.25) is 0 Å². The lowest BCUT2D eigenvalue weighted by Gasteiger charge is -2.11. The molecule has 0 aliphatic carbocycles. The fraction of sp³-hybridized carbons (Fsp3) is 0.105. The Morgan fingerprint density at radius 3 is 2.39 bits per heavy atom. The monoisotopic (exact) mass is 421 g/mol. The molecule has 0 radical (unpaired) electrons. The lowest BCUT2D eigenvalue weighted by Crippen LogP contribution is -2.10. The summed E-state index contributed by atoms with van der Waals surface area (Å²) in [5, 5.41) is 3.92. The smallest absolute Gasteiger partial charge is 0.265 e. The van der Waals surface area contributed by atoms with Gasteiger partial charge in [0.2, 0.25) is 0 Å². The minimum absolute atomic E-state index is 0.0296. The van der Waals surface area contributed by atoms with Crippen LogP contribution in [0.1, 0.15) is 9.67 Å². The minimum atomic E-state index is -3.39. The van der Waals surface area contributed by atoms with E-state index in [1.165, 1.54) is 30.7 Å². The Balaban J connectivity index is 1.75. The van der Waals surface area contributed by atoms with Gasteiger partial charge in [-0.1, -0.05) is 12.1 Å². The van der Waals surface area contributed by atoms with Gasteiger partial charge in [0.15, 0.2) is 32.9 Å². The zero-order valence-corrected chi connectivity index (χ0v) is 16.6. The first-order valence-corrected chi connectivity index (χ1v) is 10.8. The highest BCUT2D eigenvalue weighted by Crippen LogP contribution is 2.33. The second-order valence-corrected chi connectivity index (χ2v) is 8.70. The largest absolute Gasteiger partial charge is 0.493 e. The van der Waals surface area contributed by atoms with Crippen LogP contribution in [0.15, 0.2) is 58.8 Å². The Morgan fingerprint density at radius 1 is 1.07 bits per heavy atom. The molecule has 6 nitrogen and oxygen atoms in total. The van der Waals surface area contributed by atoms with Crippen molar-refractivity contribution in [3.8, 4) is 17.2 Å². The molecule has 28 heavy (non-hydrogen) atoms. The third-order valence-electron chi connectivity index (χ3n) is 3.71. The molecule has 9 heteroatoms. The molecular weight excluding hydrogens is 405 g/mol. The molecule has 1 N–H and O–H groups in total. The molecule has 2 aromatic carbocycles. The van der Waals surface area contributed by atoms with Crippen molar-refractivity contribution in [3.63, 3.8) is 0 Å². The normalized spacial score (nSPS) is 11.1. The van der Waals surface area contributed by atoms with Crippen LogP contribution in [-0.4, -0.2) is 27.7 Å². The maximum atomic E-state index is 14.4. The molecule has 0 spiro atoms. The van der Waals surface area contributed by atoms with Gasteiger partial charge < -0.3 is 14.8 Å². The number of halogens is 1. The van der Waals surface area contributed by atoms with Crippen molar-refractivity contribution in [2.45, 2.75) is 4.90 Å². The number of anilines is 1. The summed E-state index contributed by atoms with van der Waals surface area (Å²) in [6.07, 6.45) is 1.06. The first kappa shape index (κ1) is 19.8. The van der Waals surface area contributed by atoms with Crippen LogP contribution in [0.3, 0.4) is 0 Å². The lowest BCUT2D eigenvalue weighted by atomic mass is 10.2. The molecule has 1 aromatic heterocycles. The van der Waals surface area contributed by atoms with Crippen LogP contribution in [0.4, 0.5) is 10.1 Å². The quantitative estimate of drug-likeness (QED) is 0.640. The fourth-order valence-corrected chi connectivity index (χ4v) is 4.22. The molecule has 0 atom stereocenters. The molecule has 146 valence electrons. The number of para-hydroxylation sites is 2. The van der Waals surface area contributed by atoms with Gasteiger partial charge in [0, 0.05) is 23.4 Å². The molecule has 0 bridgehead atoms. The third kappa shape index (κ3) is 4.49. The van der Waals surface area contributed by atoms with Gasteiger partial charge in [-0.2, -0.15) is 0 Å². The topological polar surface area (TPSA) is 81.7 Å². The van der Waals surface area contributed by atoms with Crippen LogP contribution in [0, 0.1) is 5.82 Å². The zero-order chi connectivity index (χ0) is 20.3. The molecule has 0 saturated heterocycles. The predicted molar refractivity (Wildman–Crippen MR) is 105 cm³/mol. The number of amides is 1. The number of methoxy groups -OCH3 is 1. The number of carbonyl (C=O) groups excluding carboxylic acids is 1. The summed E-state index contributed by atoms with van der Waals surface area (Å²) in [5.74, 6) is -0.423. The summed E-state index contributed by atoms with van der Waals surface area (Å²) >= 11 is 0.993. The number of thiophene rings is 1. The van der Waals surface area contributed by atoms with E-state index in [9.17, 15) is 17.6 Å². The van der Waals surface area contributed by atoms with Gasteiger partial charge >= 0.3 is 0 Å². The van der Waals surface area contributed by atoms with Crippen molar-refractivity contribution in [2.75, 3.05) is 18.7 Å². The van der Waals surface area contributed by atoms with Crippen LogP contribution in [0.5, 0.6) is 17.2 Å². The van der Waals surface area contributed by atoms with E-state index in [1.54, 1.807) is 24.3 Å².